The molecule has 3 heteroatoms. The summed E-state index contributed by atoms with van der Waals surface area (Å²) in [6.45, 7) is 3.18. The Labute approximate surface area is 54.4 Å². The summed E-state index contributed by atoms with van der Waals surface area (Å²) in [6, 6.07) is 0. The third-order valence-corrected chi connectivity index (χ3v) is 2.49. The molecule has 1 aliphatic heterocycles. The van der Waals surface area contributed by atoms with E-state index in [0.29, 0.717) is 5.37 Å². The van der Waals surface area contributed by atoms with Crippen molar-refractivity contribution >= 4 is 11.8 Å². The Morgan fingerprint density at radius 3 is 3.00 bits per heavy atom. The molecule has 2 nitrogen and oxygen atoms in total. The highest BCUT2D eigenvalue weighted by atomic mass is 32.2. The van der Waals surface area contributed by atoms with Gasteiger partial charge in [0.15, 0.2) is 0 Å². The maximum absolute atomic E-state index is 3.32. The lowest BCUT2D eigenvalue weighted by Crippen LogP contribution is -2.40. The minimum absolute atomic E-state index is 0.691. The summed E-state index contributed by atoms with van der Waals surface area (Å²) in [5, 5.41) is 7.21. The lowest BCUT2D eigenvalue weighted by atomic mass is 10.5. The Kier molecular flexibility index (Phi) is 2.66. The highest BCUT2D eigenvalue weighted by Gasteiger charge is 2.07. The van der Waals surface area contributed by atoms with Crippen LogP contribution in [-0.2, 0) is 0 Å². The molecule has 1 atom stereocenters. The predicted octanol–water partition coefficient (Wildman–Crippen LogP) is 0.564. The van der Waals surface area contributed by atoms with Gasteiger partial charge in [-0.15, -0.1) is 11.8 Å². The van der Waals surface area contributed by atoms with Crippen LogP contribution in [0.25, 0.3) is 0 Å². The Bertz CT molecular complexity index is 61.4. The molecule has 48 valence electrons. The quantitative estimate of drug-likeness (QED) is 0.545. The van der Waals surface area contributed by atoms with Crippen LogP contribution < -0.4 is 10.6 Å². The van der Waals surface area contributed by atoms with Gasteiger partial charge in [0.25, 0.3) is 0 Å². The zero-order valence-electron chi connectivity index (χ0n) is 5.11. The first-order valence-electron chi connectivity index (χ1n) is 2.99. The molecule has 0 aliphatic carbocycles. The largest absolute Gasteiger partial charge is 0.295 e. The molecule has 1 fully saturated rings. The van der Waals surface area contributed by atoms with Gasteiger partial charge in [-0.2, -0.15) is 0 Å². The molecular weight excluding hydrogens is 120 g/mol. The number of hydrogen-bond acceptors (Lipinski definition) is 3. The second kappa shape index (κ2) is 3.33. The molecule has 0 amide bonds. The van der Waals surface area contributed by atoms with Gasteiger partial charge in [-0.1, -0.05) is 6.92 Å². The van der Waals surface area contributed by atoms with E-state index in [9.17, 15) is 0 Å². The van der Waals surface area contributed by atoms with Crippen LogP contribution in [-0.4, -0.2) is 17.9 Å². The van der Waals surface area contributed by atoms with Crippen molar-refractivity contribution in [2.24, 2.45) is 0 Å². The van der Waals surface area contributed by atoms with E-state index < -0.39 is 0 Å². The van der Waals surface area contributed by atoms with Crippen molar-refractivity contribution < 1.29 is 0 Å². The van der Waals surface area contributed by atoms with Crippen LogP contribution in [0.15, 0.2) is 0 Å². The van der Waals surface area contributed by atoms with Crippen LogP contribution in [0, 0.1) is 0 Å². The van der Waals surface area contributed by atoms with Crippen molar-refractivity contribution in [2.75, 3.05) is 12.5 Å². The maximum atomic E-state index is 3.32. The number of rotatable bonds is 1. The van der Waals surface area contributed by atoms with E-state index in [1.54, 1.807) is 0 Å². The first-order valence-corrected chi connectivity index (χ1v) is 4.04. The summed E-state index contributed by atoms with van der Waals surface area (Å²) in [6.07, 6.45) is 1.23. The molecule has 0 aromatic heterocycles. The van der Waals surface area contributed by atoms with Gasteiger partial charge in [0.2, 0.25) is 0 Å². The molecule has 1 heterocycles. The minimum atomic E-state index is 0.691. The topological polar surface area (TPSA) is 24.1 Å². The van der Waals surface area contributed by atoms with Gasteiger partial charge in [0.1, 0.15) is 0 Å². The molecule has 1 aliphatic rings. The van der Waals surface area contributed by atoms with Gasteiger partial charge in [0.05, 0.1) is 5.37 Å². The molecule has 1 rings (SSSR count). The minimum Gasteiger partial charge on any atom is -0.295 e. The third kappa shape index (κ3) is 1.65. The van der Waals surface area contributed by atoms with E-state index in [-0.39, 0.29) is 0 Å². The van der Waals surface area contributed by atoms with Gasteiger partial charge in [-0.25, -0.2) is 0 Å². The van der Waals surface area contributed by atoms with Gasteiger partial charge in [-0.05, 0) is 6.42 Å². The predicted molar refractivity (Wildman–Crippen MR) is 37.7 cm³/mol. The average Bonchev–Trinajstić information content (AvgIpc) is 1.90. The molecule has 1 unspecified atom stereocenters. The van der Waals surface area contributed by atoms with Gasteiger partial charge in [-0.3, -0.25) is 10.6 Å². The highest BCUT2D eigenvalue weighted by molar-refractivity contribution is 7.99. The van der Waals surface area contributed by atoms with Crippen molar-refractivity contribution in [1.29, 1.82) is 0 Å². The fraction of sp³-hybridized carbons (Fsp3) is 1.00. The monoisotopic (exact) mass is 132 g/mol. The molecular formula is C5H12N2S. The van der Waals surface area contributed by atoms with Crippen LogP contribution in [0.2, 0.25) is 0 Å². The Morgan fingerprint density at radius 2 is 2.62 bits per heavy atom. The smallest absolute Gasteiger partial charge is 0.0552 e. The van der Waals surface area contributed by atoms with Gasteiger partial charge < -0.3 is 0 Å². The molecule has 1 saturated heterocycles. The van der Waals surface area contributed by atoms with Crippen molar-refractivity contribution in [3.05, 3.63) is 0 Å². The Morgan fingerprint density at radius 1 is 1.75 bits per heavy atom. The number of nitrogens with one attached hydrogen (secondary N) is 2. The second-order valence-electron chi connectivity index (χ2n) is 1.84. The molecule has 0 spiro atoms. The Balaban J connectivity index is 2.13. The first-order chi connectivity index (χ1) is 3.93. The molecule has 0 aromatic carbocycles. The van der Waals surface area contributed by atoms with Crippen LogP contribution in [0.1, 0.15) is 13.3 Å². The fourth-order valence-electron chi connectivity index (χ4n) is 0.718. The summed E-state index contributed by atoms with van der Waals surface area (Å²) in [5.41, 5.74) is 0. The van der Waals surface area contributed by atoms with E-state index in [0.717, 1.165) is 12.5 Å². The van der Waals surface area contributed by atoms with Crippen molar-refractivity contribution in [3.63, 3.8) is 0 Å². The standard InChI is InChI=1S/C5H12N2S/c1-2-5-7-3-6-4-8-5/h5-7H,2-4H2,1H3. The first kappa shape index (κ1) is 6.39. The summed E-state index contributed by atoms with van der Waals surface area (Å²) >= 11 is 1.94. The molecule has 0 bridgehead atoms. The lowest BCUT2D eigenvalue weighted by Gasteiger charge is -2.22. The van der Waals surface area contributed by atoms with Crippen LogP contribution in [0.3, 0.4) is 0 Å². The van der Waals surface area contributed by atoms with E-state index in [1.807, 2.05) is 11.8 Å². The Hall–Kier alpha value is 0.270. The average molecular weight is 132 g/mol. The molecule has 0 saturated carbocycles. The summed E-state index contributed by atoms with van der Waals surface area (Å²) in [5.74, 6) is 1.10. The van der Waals surface area contributed by atoms with Crippen LogP contribution >= 0.6 is 11.8 Å². The molecule has 8 heavy (non-hydrogen) atoms. The molecule has 0 radical (unpaired) electrons. The number of hydrogen-bond donors (Lipinski definition) is 2. The van der Waals surface area contributed by atoms with Crippen molar-refractivity contribution in [2.45, 2.75) is 18.7 Å². The zero-order chi connectivity index (χ0) is 5.82. The zero-order valence-corrected chi connectivity index (χ0v) is 5.92. The lowest BCUT2D eigenvalue weighted by molar-refractivity contribution is 0.564. The normalized spacial score (nSPS) is 30.4. The third-order valence-electron chi connectivity index (χ3n) is 1.21. The fourth-order valence-corrected chi connectivity index (χ4v) is 1.58. The SMILES string of the molecule is CCC1NCNCS1. The summed E-state index contributed by atoms with van der Waals surface area (Å²) < 4.78 is 0. The van der Waals surface area contributed by atoms with Crippen molar-refractivity contribution in [1.82, 2.24) is 10.6 Å². The van der Waals surface area contributed by atoms with Crippen molar-refractivity contribution in [3.8, 4) is 0 Å². The van der Waals surface area contributed by atoms with E-state index in [2.05, 4.69) is 17.6 Å². The van der Waals surface area contributed by atoms with Gasteiger partial charge >= 0.3 is 0 Å². The van der Waals surface area contributed by atoms with E-state index >= 15 is 0 Å². The van der Waals surface area contributed by atoms with Gasteiger partial charge in [0, 0.05) is 12.5 Å². The highest BCUT2D eigenvalue weighted by Crippen LogP contribution is 2.11. The van der Waals surface area contributed by atoms with Crippen LogP contribution in [0.5, 0.6) is 0 Å². The number of thioether (sulfide) groups is 1. The maximum Gasteiger partial charge on any atom is 0.0552 e. The summed E-state index contributed by atoms with van der Waals surface area (Å²) in [4.78, 5) is 0. The summed E-state index contributed by atoms with van der Waals surface area (Å²) in [7, 11) is 0. The second-order valence-corrected chi connectivity index (χ2v) is 3.03. The van der Waals surface area contributed by atoms with E-state index in [1.165, 1.54) is 6.42 Å². The van der Waals surface area contributed by atoms with Crippen LogP contribution in [0.4, 0.5) is 0 Å². The van der Waals surface area contributed by atoms with E-state index in [4.69, 9.17) is 0 Å². The molecule has 0 aromatic rings. The molecule has 2 N–H and O–H groups in total.